The largest absolute Gasteiger partial charge is 0.465 e. The van der Waals surface area contributed by atoms with Crippen molar-refractivity contribution in [2.24, 2.45) is 5.41 Å². The van der Waals surface area contributed by atoms with E-state index in [0.29, 0.717) is 35.1 Å². The Bertz CT molecular complexity index is 496. The fourth-order valence-electron chi connectivity index (χ4n) is 2.89. The Morgan fingerprint density at radius 3 is 2.60 bits per heavy atom. The van der Waals surface area contributed by atoms with Crippen LogP contribution in [0.5, 0.6) is 0 Å². The van der Waals surface area contributed by atoms with Gasteiger partial charge < -0.3 is 9.84 Å². The van der Waals surface area contributed by atoms with Crippen molar-refractivity contribution in [2.75, 3.05) is 6.61 Å². The van der Waals surface area contributed by atoms with E-state index in [0.717, 1.165) is 12.8 Å². The fraction of sp³-hybridized carbons (Fsp3) is 0.533. The summed E-state index contributed by atoms with van der Waals surface area (Å²) in [6.07, 6.45) is 2.08. The molecule has 0 bridgehead atoms. The molecule has 0 radical (unpaired) electrons. The van der Waals surface area contributed by atoms with E-state index in [9.17, 15) is 9.90 Å². The van der Waals surface area contributed by atoms with E-state index in [2.05, 4.69) is 0 Å². The van der Waals surface area contributed by atoms with Crippen molar-refractivity contribution in [2.45, 2.75) is 38.7 Å². The Morgan fingerprint density at radius 1 is 1.40 bits per heavy atom. The minimum atomic E-state index is -0.964. The Morgan fingerprint density at radius 2 is 2.05 bits per heavy atom. The van der Waals surface area contributed by atoms with E-state index in [4.69, 9.17) is 27.9 Å². The van der Waals surface area contributed by atoms with Gasteiger partial charge in [-0.15, -0.1) is 0 Å². The summed E-state index contributed by atoms with van der Waals surface area (Å²) in [6.45, 7) is 2.07. The van der Waals surface area contributed by atoms with Crippen molar-refractivity contribution in [1.29, 1.82) is 0 Å². The van der Waals surface area contributed by atoms with Crippen LogP contribution in [0.3, 0.4) is 0 Å². The van der Waals surface area contributed by atoms with Gasteiger partial charge in [0.05, 0.1) is 18.1 Å². The molecule has 1 unspecified atom stereocenters. The van der Waals surface area contributed by atoms with Crippen molar-refractivity contribution < 1.29 is 14.6 Å². The van der Waals surface area contributed by atoms with Gasteiger partial charge in [-0.3, -0.25) is 4.79 Å². The van der Waals surface area contributed by atoms with Gasteiger partial charge in [0, 0.05) is 15.6 Å². The predicted molar refractivity (Wildman–Crippen MR) is 79.0 cm³/mol. The van der Waals surface area contributed by atoms with Gasteiger partial charge in [0.1, 0.15) is 0 Å². The molecule has 0 heterocycles. The van der Waals surface area contributed by atoms with E-state index < -0.39 is 11.5 Å². The molecule has 0 spiro atoms. The maximum Gasteiger partial charge on any atom is 0.315 e. The van der Waals surface area contributed by atoms with Gasteiger partial charge in [-0.2, -0.15) is 0 Å². The van der Waals surface area contributed by atoms with Crippen LogP contribution in [0.1, 0.15) is 44.3 Å². The molecule has 1 saturated carbocycles. The van der Waals surface area contributed by atoms with E-state index in [1.54, 1.807) is 25.1 Å². The van der Waals surface area contributed by atoms with Gasteiger partial charge >= 0.3 is 5.97 Å². The molecule has 20 heavy (non-hydrogen) atoms. The Kier molecular flexibility index (Phi) is 4.95. The lowest BCUT2D eigenvalue weighted by molar-refractivity contribution is -0.163. The Hall–Kier alpha value is -0.770. The lowest BCUT2D eigenvalue weighted by Gasteiger charge is -2.32. The minimum Gasteiger partial charge on any atom is -0.465 e. The highest BCUT2D eigenvalue weighted by Crippen LogP contribution is 2.49. The minimum absolute atomic E-state index is 0.307. The van der Waals surface area contributed by atoms with Crippen LogP contribution in [0.2, 0.25) is 10.0 Å². The van der Waals surface area contributed by atoms with Crippen molar-refractivity contribution in [1.82, 2.24) is 0 Å². The number of ether oxygens (including phenoxy) is 1. The summed E-state index contributed by atoms with van der Waals surface area (Å²) in [6, 6.07) is 4.92. The molecule has 0 amide bonds. The van der Waals surface area contributed by atoms with E-state index in [1.165, 1.54) is 0 Å². The van der Waals surface area contributed by atoms with Crippen LogP contribution >= 0.6 is 23.2 Å². The van der Waals surface area contributed by atoms with Crippen LogP contribution in [0.25, 0.3) is 0 Å². The first-order chi connectivity index (χ1) is 9.51. The topological polar surface area (TPSA) is 46.5 Å². The summed E-state index contributed by atoms with van der Waals surface area (Å²) in [4.78, 5) is 12.3. The summed E-state index contributed by atoms with van der Waals surface area (Å²) in [7, 11) is 0. The molecule has 0 aliphatic heterocycles. The van der Waals surface area contributed by atoms with Gasteiger partial charge in [-0.25, -0.2) is 0 Å². The standard InChI is InChI=1S/C15H18Cl2O3/c1-2-20-14(19)15(7-3-4-8-15)13(18)11-6-5-10(16)9-12(11)17/h5-6,9,13,18H,2-4,7-8H2,1H3. The molecule has 0 saturated heterocycles. The second-order valence-electron chi connectivity index (χ2n) is 5.15. The molecule has 1 aromatic rings. The van der Waals surface area contributed by atoms with Crippen LogP contribution < -0.4 is 0 Å². The van der Waals surface area contributed by atoms with Gasteiger partial charge in [-0.1, -0.05) is 42.1 Å². The number of rotatable bonds is 4. The second kappa shape index (κ2) is 6.33. The number of carbonyl (C=O) groups is 1. The lowest BCUT2D eigenvalue weighted by atomic mass is 9.77. The summed E-state index contributed by atoms with van der Waals surface area (Å²) < 4.78 is 5.17. The second-order valence-corrected chi connectivity index (χ2v) is 6.00. The number of benzene rings is 1. The summed E-state index contributed by atoms with van der Waals surface area (Å²) >= 11 is 12.0. The molecule has 1 fully saturated rings. The lowest BCUT2D eigenvalue weighted by Crippen LogP contribution is -2.36. The number of aliphatic hydroxyl groups excluding tert-OH is 1. The third-order valence-electron chi connectivity index (χ3n) is 3.96. The molecular formula is C15H18Cl2O3. The highest BCUT2D eigenvalue weighted by Gasteiger charge is 2.49. The summed E-state index contributed by atoms with van der Waals surface area (Å²) in [5.74, 6) is -0.337. The number of aliphatic hydroxyl groups is 1. The first kappa shape index (κ1) is 15.6. The monoisotopic (exact) mass is 316 g/mol. The average molecular weight is 317 g/mol. The van der Waals surface area contributed by atoms with E-state index in [-0.39, 0.29) is 5.97 Å². The third-order valence-corrected chi connectivity index (χ3v) is 4.52. The molecular weight excluding hydrogens is 299 g/mol. The third kappa shape index (κ3) is 2.80. The summed E-state index contributed by atoms with van der Waals surface area (Å²) in [5.41, 5.74) is -0.348. The molecule has 1 atom stereocenters. The van der Waals surface area contributed by atoms with Gasteiger partial charge in [0.2, 0.25) is 0 Å². The Balaban J connectivity index is 2.36. The van der Waals surface area contributed by atoms with Crippen LogP contribution in [0, 0.1) is 5.41 Å². The van der Waals surface area contributed by atoms with Crippen molar-refractivity contribution in [3.8, 4) is 0 Å². The zero-order valence-electron chi connectivity index (χ0n) is 11.4. The van der Waals surface area contributed by atoms with Crippen molar-refractivity contribution >= 4 is 29.2 Å². The van der Waals surface area contributed by atoms with E-state index in [1.807, 2.05) is 0 Å². The molecule has 3 nitrogen and oxygen atoms in total. The maximum atomic E-state index is 12.3. The molecule has 1 aliphatic rings. The predicted octanol–water partition coefficient (Wildman–Crippen LogP) is 4.15. The van der Waals surface area contributed by atoms with Gasteiger partial charge in [-0.05, 0) is 31.9 Å². The van der Waals surface area contributed by atoms with Gasteiger partial charge in [0.15, 0.2) is 0 Å². The molecule has 1 aliphatic carbocycles. The molecule has 0 aromatic heterocycles. The van der Waals surface area contributed by atoms with Crippen molar-refractivity contribution in [3.05, 3.63) is 33.8 Å². The molecule has 1 N–H and O–H groups in total. The number of hydrogen-bond acceptors (Lipinski definition) is 3. The molecule has 1 aromatic carbocycles. The number of esters is 1. The number of halogens is 2. The van der Waals surface area contributed by atoms with Crippen LogP contribution in [-0.2, 0) is 9.53 Å². The maximum absolute atomic E-state index is 12.3. The Labute approximate surface area is 128 Å². The normalized spacial score (nSPS) is 18.8. The molecule has 2 rings (SSSR count). The van der Waals surface area contributed by atoms with Gasteiger partial charge in [0.25, 0.3) is 0 Å². The zero-order valence-corrected chi connectivity index (χ0v) is 12.9. The van der Waals surface area contributed by atoms with Crippen LogP contribution in [-0.4, -0.2) is 17.7 Å². The van der Waals surface area contributed by atoms with Crippen LogP contribution in [0.15, 0.2) is 18.2 Å². The molecule has 5 heteroatoms. The van der Waals surface area contributed by atoms with Crippen LogP contribution in [0.4, 0.5) is 0 Å². The highest BCUT2D eigenvalue weighted by atomic mass is 35.5. The SMILES string of the molecule is CCOC(=O)C1(C(O)c2ccc(Cl)cc2Cl)CCCC1. The smallest absolute Gasteiger partial charge is 0.315 e. The number of hydrogen-bond donors (Lipinski definition) is 1. The quantitative estimate of drug-likeness (QED) is 0.849. The fourth-order valence-corrected chi connectivity index (χ4v) is 3.40. The first-order valence-electron chi connectivity index (χ1n) is 6.81. The number of carbonyl (C=O) groups excluding carboxylic acids is 1. The summed E-state index contributed by atoms with van der Waals surface area (Å²) in [5, 5.41) is 11.6. The highest BCUT2D eigenvalue weighted by molar-refractivity contribution is 6.35. The first-order valence-corrected chi connectivity index (χ1v) is 7.57. The average Bonchev–Trinajstić information content (AvgIpc) is 2.89. The van der Waals surface area contributed by atoms with E-state index >= 15 is 0 Å². The molecule has 110 valence electrons. The van der Waals surface area contributed by atoms with Crippen molar-refractivity contribution in [3.63, 3.8) is 0 Å². The zero-order chi connectivity index (χ0) is 14.8.